The molecular formula is C11H11Cl. The van der Waals surface area contributed by atoms with Crippen molar-refractivity contribution in [3.63, 3.8) is 0 Å². The highest BCUT2D eigenvalue weighted by molar-refractivity contribution is 6.30. The van der Waals surface area contributed by atoms with Crippen LogP contribution in [0.5, 0.6) is 0 Å². The number of halogens is 1. The van der Waals surface area contributed by atoms with Crippen molar-refractivity contribution < 1.29 is 0 Å². The molecule has 0 heterocycles. The van der Waals surface area contributed by atoms with Crippen molar-refractivity contribution in [1.82, 2.24) is 0 Å². The van der Waals surface area contributed by atoms with Gasteiger partial charge in [-0.1, -0.05) is 36.3 Å². The SMILES string of the molecule is CC(C)(C#CCl)c1ccccc1. The van der Waals surface area contributed by atoms with Gasteiger partial charge in [-0.15, -0.1) is 0 Å². The zero-order valence-corrected chi connectivity index (χ0v) is 8.02. The maximum absolute atomic E-state index is 5.37. The molecule has 0 unspecified atom stereocenters. The normalized spacial score (nSPS) is 10.2. The molecule has 0 bridgehead atoms. The third-order valence-electron chi connectivity index (χ3n) is 1.86. The van der Waals surface area contributed by atoms with E-state index in [0.29, 0.717) is 0 Å². The van der Waals surface area contributed by atoms with Crippen LogP contribution < -0.4 is 0 Å². The predicted molar refractivity (Wildman–Crippen MR) is 53.1 cm³/mol. The highest BCUT2D eigenvalue weighted by Crippen LogP contribution is 2.21. The first-order valence-electron chi connectivity index (χ1n) is 3.85. The summed E-state index contributed by atoms with van der Waals surface area (Å²) in [6.07, 6.45) is 0. The highest BCUT2D eigenvalue weighted by Gasteiger charge is 2.16. The summed E-state index contributed by atoms with van der Waals surface area (Å²) in [5.74, 6) is 2.95. The fourth-order valence-electron chi connectivity index (χ4n) is 1.05. The topological polar surface area (TPSA) is 0 Å². The molecule has 12 heavy (non-hydrogen) atoms. The monoisotopic (exact) mass is 178 g/mol. The lowest BCUT2D eigenvalue weighted by Crippen LogP contribution is -2.13. The molecule has 0 aliphatic carbocycles. The summed E-state index contributed by atoms with van der Waals surface area (Å²) >= 11 is 5.37. The smallest absolute Gasteiger partial charge is 0.0519 e. The van der Waals surface area contributed by atoms with Gasteiger partial charge in [0.25, 0.3) is 0 Å². The van der Waals surface area contributed by atoms with Crippen LogP contribution in [0, 0.1) is 11.3 Å². The molecule has 62 valence electrons. The minimum atomic E-state index is -0.150. The number of hydrogen-bond acceptors (Lipinski definition) is 0. The second-order valence-corrected chi connectivity index (χ2v) is 3.40. The first kappa shape index (κ1) is 9.16. The summed E-state index contributed by atoms with van der Waals surface area (Å²) in [6.45, 7) is 4.11. The van der Waals surface area contributed by atoms with E-state index in [1.54, 1.807) is 0 Å². The zero-order valence-electron chi connectivity index (χ0n) is 7.26. The van der Waals surface area contributed by atoms with Gasteiger partial charge in [-0.2, -0.15) is 0 Å². The maximum atomic E-state index is 5.37. The average molecular weight is 179 g/mol. The number of hydrogen-bond donors (Lipinski definition) is 0. The minimum absolute atomic E-state index is 0.150. The lowest BCUT2D eigenvalue weighted by molar-refractivity contribution is 0.699. The van der Waals surface area contributed by atoms with Crippen molar-refractivity contribution in [3.8, 4) is 11.3 Å². The molecule has 0 N–H and O–H groups in total. The Balaban J connectivity index is 3.03. The quantitative estimate of drug-likeness (QED) is 0.580. The molecule has 0 spiro atoms. The molecule has 1 aromatic carbocycles. The third kappa shape index (κ3) is 2.03. The molecule has 0 aliphatic rings. The van der Waals surface area contributed by atoms with Crippen molar-refractivity contribution in [1.29, 1.82) is 0 Å². The van der Waals surface area contributed by atoms with Gasteiger partial charge in [0.1, 0.15) is 0 Å². The summed E-state index contributed by atoms with van der Waals surface area (Å²) < 4.78 is 0. The van der Waals surface area contributed by atoms with Crippen LogP contribution in [0.15, 0.2) is 30.3 Å². The Hall–Kier alpha value is -0.930. The van der Waals surface area contributed by atoms with Gasteiger partial charge in [-0.3, -0.25) is 0 Å². The van der Waals surface area contributed by atoms with Gasteiger partial charge in [0.15, 0.2) is 0 Å². The first-order chi connectivity index (χ1) is 5.67. The second kappa shape index (κ2) is 3.65. The fraction of sp³-hybridized carbons (Fsp3) is 0.273. The third-order valence-corrected chi connectivity index (χ3v) is 1.95. The Morgan fingerprint density at radius 1 is 1.17 bits per heavy atom. The fourth-order valence-corrected chi connectivity index (χ4v) is 1.28. The Kier molecular flexibility index (Phi) is 2.78. The first-order valence-corrected chi connectivity index (χ1v) is 4.23. The van der Waals surface area contributed by atoms with Gasteiger partial charge in [-0.05, 0) is 31.0 Å². The molecular weight excluding hydrogens is 168 g/mol. The molecule has 0 saturated heterocycles. The molecule has 0 aliphatic heterocycles. The summed E-state index contributed by atoms with van der Waals surface area (Å²) in [5, 5.41) is 2.43. The van der Waals surface area contributed by atoms with E-state index in [2.05, 4.69) is 37.3 Å². The molecule has 0 atom stereocenters. The van der Waals surface area contributed by atoms with E-state index >= 15 is 0 Å². The highest BCUT2D eigenvalue weighted by atomic mass is 35.5. The lowest BCUT2D eigenvalue weighted by atomic mass is 9.86. The van der Waals surface area contributed by atoms with Crippen molar-refractivity contribution in [2.75, 3.05) is 0 Å². The van der Waals surface area contributed by atoms with Crippen molar-refractivity contribution >= 4 is 11.6 Å². The number of benzene rings is 1. The van der Waals surface area contributed by atoms with Gasteiger partial charge in [-0.25, -0.2) is 0 Å². The molecule has 0 radical (unpaired) electrons. The Morgan fingerprint density at radius 2 is 1.75 bits per heavy atom. The minimum Gasteiger partial charge on any atom is -0.0748 e. The van der Waals surface area contributed by atoms with Crippen LogP contribution in [0.25, 0.3) is 0 Å². The van der Waals surface area contributed by atoms with Crippen LogP contribution in [0.4, 0.5) is 0 Å². The van der Waals surface area contributed by atoms with E-state index in [-0.39, 0.29) is 5.41 Å². The average Bonchev–Trinajstić information content (AvgIpc) is 2.06. The molecule has 1 rings (SSSR count). The second-order valence-electron chi connectivity index (χ2n) is 3.21. The van der Waals surface area contributed by atoms with Crippen molar-refractivity contribution in [3.05, 3.63) is 35.9 Å². The van der Waals surface area contributed by atoms with E-state index in [9.17, 15) is 0 Å². The van der Waals surface area contributed by atoms with Crippen LogP contribution in [-0.4, -0.2) is 0 Å². The molecule has 0 amide bonds. The van der Waals surface area contributed by atoms with E-state index in [4.69, 9.17) is 11.6 Å². The summed E-state index contributed by atoms with van der Waals surface area (Å²) in [7, 11) is 0. The van der Waals surface area contributed by atoms with E-state index < -0.39 is 0 Å². The van der Waals surface area contributed by atoms with Gasteiger partial charge in [0.05, 0.1) is 5.41 Å². The van der Waals surface area contributed by atoms with Gasteiger partial charge >= 0.3 is 0 Å². The van der Waals surface area contributed by atoms with Crippen LogP contribution in [0.1, 0.15) is 19.4 Å². The van der Waals surface area contributed by atoms with Gasteiger partial charge < -0.3 is 0 Å². The predicted octanol–water partition coefficient (Wildman–Crippen LogP) is 3.16. The van der Waals surface area contributed by atoms with Crippen molar-refractivity contribution in [2.24, 2.45) is 0 Å². The molecule has 1 aromatic rings. The summed E-state index contributed by atoms with van der Waals surface area (Å²) in [5.41, 5.74) is 1.04. The van der Waals surface area contributed by atoms with Crippen molar-refractivity contribution in [2.45, 2.75) is 19.3 Å². The van der Waals surface area contributed by atoms with E-state index in [0.717, 1.165) is 0 Å². The largest absolute Gasteiger partial charge is 0.0748 e. The van der Waals surface area contributed by atoms with Crippen LogP contribution in [0.3, 0.4) is 0 Å². The van der Waals surface area contributed by atoms with Crippen LogP contribution in [0.2, 0.25) is 0 Å². The summed E-state index contributed by atoms with van der Waals surface area (Å²) in [6, 6.07) is 10.1. The molecule has 0 fully saturated rings. The molecule has 0 saturated carbocycles. The maximum Gasteiger partial charge on any atom is 0.0519 e. The van der Waals surface area contributed by atoms with Crippen LogP contribution >= 0.6 is 11.6 Å². The lowest BCUT2D eigenvalue weighted by Gasteiger charge is -2.17. The molecule has 0 nitrogen and oxygen atoms in total. The molecule has 0 aromatic heterocycles. The van der Waals surface area contributed by atoms with Gasteiger partial charge in [0.2, 0.25) is 0 Å². The molecule has 1 heteroatoms. The van der Waals surface area contributed by atoms with Crippen LogP contribution in [-0.2, 0) is 5.41 Å². The zero-order chi connectivity index (χ0) is 9.03. The number of rotatable bonds is 1. The van der Waals surface area contributed by atoms with E-state index in [1.807, 2.05) is 18.2 Å². The van der Waals surface area contributed by atoms with E-state index in [1.165, 1.54) is 5.56 Å². The Morgan fingerprint density at radius 3 is 2.25 bits per heavy atom. The Bertz CT molecular complexity index is 301. The summed E-state index contributed by atoms with van der Waals surface area (Å²) in [4.78, 5) is 0. The standard InChI is InChI=1S/C11H11Cl/c1-11(2,8-9-12)10-6-4-3-5-7-10/h3-7H,1-2H3. The Labute approximate surface area is 78.6 Å². The van der Waals surface area contributed by atoms with Gasteiger partial charge in [0, 0.05) is 5.38 Å².